The second-order valence-electron chi connectivity index (χ2n) is 5.53. The summed E-state index contributed by atoms with van der Waals surface area (Å²) in [6, 6.07) is 4.78. The van der Waals surface area contributed by atoms with Crippen LogP contribution in [0.3, 0.4) is 0 Å². The van der Waals surface area contributed by atoms with Gasteiger partial charge in [0, 0.05) is 30.9 Å². The molecule has 0 spiro atoms. The van der Waals surface area contributed by atoms with Crippen molar-refractivity contribution in [3.63, 3.8) is 0 Å². The van der Waals surface area contributed by atoms with Crippen LogP contribution in [-0.2, 0) is 6.54 Å². The molecular weight excluding hydrogens is 250 g/mol. The molecule has 20 heavy (non-hydrogen) atoms. The van der Waals surface area contributed by atoms with Crippen molar-refractivity contribution >= 4 is 0 Å². The predicted molar refractivity (Wildman–Crippen MR) is 81.9 cm³/mol. The zero-order chi connectivity index (χ0) is 14.4. The van der Waals surface area contributed by atoms with E-state index in [0.29, 0.717) is 6.04 Å². The molecule has 2 unspecified atom stereocenters. The molecule has 4 heteroatoms. The first-order valence-electron chi connectivity index (χ1n) is 7.72. The van der Waals surface area contributed by atoms with E-state index in [0.717, 1.165) is 38.0 Å². The van der Waals surface area contributed by atoms with Gasteiger partial charge in [-0.3, -0.25) is 4.90 Å². The third kappa shape index (κ3) is 3.70. The van der Waals surface area contributed by atoms with Crippen LogP contribution in [0.5, 0.6) is 5.88 Å². The van der Waals surface area contributed by atoms with Gasteiger partial charge in [0.25, 0.3) is 0 Å². The number of pyridine rings is 1. The van der Waals surface area contributed by atoms with Gasteiger partial charge in [-0.15, -0.1) is 0 Å². The third-order valence-electron chi connectivity index (χ3n) is 4.25. The summed E-state index contributed by atoms with van der Waals surface area (Å²) in [5.74, 6) is 1.50. The van der Waals surface area contributed by atoms with Crippen LogP contribution in [0.4, 0.5) is 0 Å². The SMILES string of the molecule is CCNC1CCN(Cc2cccnc2OC)CC1CC. The molecule has 2 atom stereocenters. The van der Waals surface area contributed by atoms with E-state index in [9.17, 15) is 0 Å². The van der Waals surface area contributed by atoms with E-state index in [1.807, 2.05) is 6.07 Å². The minimum Gasteiger partial charge on any atom is -0.481 e. The molecule has 0 saturated carbocycles. The number of hydrogen-bond acceptors (Lipinski definition) is 4. The fraction of sp³-hybridized carbons (Fsp3) is 0.688. The number of hydrogen-bond donors (Lipinski definition) is 1. The Morgan fingerprint density at radius 3 is 3.00 bits per heavy atom. The maximum atomic E-state index is 5.35. The lowest BCUT2D eigenvalue weighted by molar-refractivity contribution is 0.128. The summed E-state index contributed by atoms with van der Waals surface area (Å²) in [4.78, 5) is 6.81. The molecule has 1 aromatic heterocycles. The minimum absolute atomic E-state index is 0.678. The van der Waals surface area contributed by atoms with Crippen molar-refractivity contribution in [2.75, 3.05) is 26.7 Å². The Morgan fingerprint density at radius 1 is 1.45 bits per heavy atom. The monoisotopic (exact) mass is 277 g/mol. The molecule has 0 bridgehead atoms. The number of nitrogens with one attached hydrogen (secondary N) is 1. The summed E-state index contributed by atoms with van der Waals surface area (Å²) in [6.07, 6.45) is 4.25. The maximum Gasteiger partial charge on any atom is 0.217 e. The van der Waals surface area contributed by atoms with E-state index in [1.54, 1.807) is 13.3 Å². The molecule has 0 radical (unpaired) electrons. The van der Waals surface area contributed by atoms with Gasteiger partial charge >= 0.3 is 0 Å². The van der Waals surface area contributed by atoms with Gasteiger partial charge < -0.3 is 10.1 Å². The Labute approximate surface area is 122 Å². The van der Waals surface area contributed by atoms with Crippen molar-refractivity contribution in [3.8, 4) is 5.88 Å². The fourth-order valence-corrected chi connectivity index (χ4v) is 3.16. The second kappa shape index (κ2) is 7.60. The normalized spacial score (nSPS) is 23.8. The summed E-state index contributed by atoms with van der Waals surface area (Å²) in [5.41, 5.74) is 1.19. The van der Waals surface area contributed by atoms with Crippen LogP contribution in [0, 0.1) is 5.92 Å². The number of piperidine rings is 1. The highest BCUT2D eigenvalue weighted by molar-refractivity contribution is 5.25. The second-order valence-corrected chi connectivity index (χ2v) is 5.53. The number of aromatic nitrogens is 1. The van der Waals surface area contributed by atoms with Crippen LogP contribution in [0.15, 0.2) is 18.3 Å². The van der Waals surface area contributed by atoms with Gasteiger partial charge in [-0.1, -0.05) is 26.3 Å². The lowest BCUT2D eigenvalue weighted by atomic mass is 9.89. The zero-order valence-corrected chi connectivity index (χ0v) is 12.9. The van der Waals surface area contributed by atoms with E-state index < -0.39 is 0 Å². The van der Waals surface area contributed by atoms with Crippen LogP contribution in [0.1, 0.15) is 32.3 Å². The number of likely N-dealkylation sites (tertiary alicyclic amines) is 1. The van der Waals surface area contributed by atoms with Crippen LogP contribution < -0.4 is 10.1 Å². The molecule has 1 N–H and O–H groups in total. The van der Waals surface area contributed by atoms with Gasteiger partial charge in [0.15, 0.2) is 0 Å². The Kier molecular flexibility index (Phi) is 5.80. The van der Waals surface area contributed by atoms with Gasteiger partial charge in [0.1, 0.15) is 0 Å². The lowest BCUT2D eigenvalue weighted by Gasteiger charge is -2.38. The highest BCUT2D eigenvalue weighted by Crippen LogP contribution is 2.23. The Hall–Kier alpha value is -1.13. The number of ether oxygens (including phenoxy) is 1. The molecule has 112 valence electrons. The van der Waals surface area contributed by atoms with Crippen molar-refractivity contribution < 1.29 is 4.74 Å². The van der Waals surface area contributed by atoms with Crippen molar-refractivity contribution in [2.24, 2.45) is 5.92 Å². The smallest absolute Gasteiger partial charge is 0.217 e. The van der Waals surface area contributed by atoms with Gasteiger partial charge in [-0.05, 0) is 31.5 Å². The molecule has 1 aromatic rings. The first kappa shape index (κ1) is 15.3. The minimum atomic E-state index is 0.678. The molecular formula is C16H27N3O. The van der Waals surface area contributed by atoms with Gasteiger partial charge in [-0.2, -0.15) is 0 Å². The maximum absolute atomic E-state index is 5.35. The quantitative estimate of drug-likeness (QED) is 0.866. The highest BCUT2D eigenvalue weighted by Gasteiger charge is 2.27. The summed E-state index contributed by atoms with van der Waals surface area (Å²) < 4.78 is 5.35. The number of methoxy groups -OCH3 is 1. The van der Waals surface area contributed by atoms with E-state index in [1.165, 1.54) is 18.4 Å². The Balaban J connectivity index is 1.97. The van der Waals surface area contributed by atoms with Crippen LogP contribution in [0.25, 0.3) is 0 Å². The molecule has 4 nitrogen and oxygen atoms in total. The fourth-order valence-electron chi connectivity index (χ4n) is 3.16. The van der Waals surface area contributed by atoms with E-state index in [-0.39, 0.29) is 0 Å². The molecule has 0 amide bonds. The van der Waals surface area contributed by atoms with Gasteiger partial charge in [0.2, 0.25) is 5.88 Å². The predicted octanol–water partition coefficient (Wildman–Crippen LogP) is 2.30. The van der Waals surface area contributed by atoms with Crippen LogP contribution in [-0.4, -0.2) is 42.7 Å². The van der Waals surface area contributed by atoms with Crippen molar-refractivity contribution in [1.82, 2.24) is 15.2 Å². The largest absolute Gasteiger partial charge is 0.481 e. The van der Waals surface area contributed by atoms with E-state index in [2.05, 4.69) is 35.1 Å². The Morgan fingerprint density at radius 2 is 2.30 bits per heavy atom. The first-order valence-corrected chi connectivity index (χ1v) is 7.72. The Bertz CT molecular complexity index is 410. The molecule has 2 heterocycles. The van der Waals surface area contributed by atoms with Crippen molar-refractivity contribution in [2.45, 2.75) is 39.3 Å². The molecule has 1 saturated heterocycles. The summed E-state index contributed by atoms with van der Waals surface area (Å²) in [6.45, 7) is 8.80. The average Bonchev–Trinajstić information content (AvgIpc) is 2.49. The van der Waals surface area contributed by atoms with Gasteiger partial charge in [0.05, 0.1) is 7.11 Å². The van der Waals surface area contributed by atoms with Gasteiger partial charge in [-0.25, -0.2) is 4.98 Å². The lowest BCUT2D eigenvalue weighted by Crippen LogP contribution is -2.48. The number of nitrogens with zero attached hydrogens (tertiary/aromatic N) is 2. The molecule has 1 aliphatic rings. The third-order valence-corrected chi connectivity index (χ3v) is 4.25. The molecule has 1 fully saturated rings. The van der Waals surface area contributed by atoms with Crippen LogP contribution in [0.2, 0.25) is 0 Å². The topological polar surface area (TPSA) is 37.4 Å². The summed E-state index contributed by atoms with van der Waals surface area (Å²) in [5, 5.41) is 3.63. The molecule has 0 aromatic carbocycles. The molecule has 1 aliphatic heterocycles. The highest BCUT2D eigenvalue weighted by atomic mass is 16.5. The first-order chi connectivity index (χ1) is 9.78. The average molecular weight is 277 g/mol. The summed E-state index contributed by atoms with van der Waals surface area (Å²) >= 11 is 0. The number of rotatable bonds is 6. The molecule has 0 aliphatic carbocycles. The van der Waals surface area contributed by atoms with E-state index in [4.69, 9.17) is 4.74 Å². The summed E-state index contributed by atoms with van der Waals surface area (Å²) in [7, 11) is 1.69. The molecule has 2 rings (SSSR count). The van der Waals surface area contributed by atoms with Crippen molar-refractivity contribution in [3.05, 3.63) is 23.9 Å². The van der Waals surface area contributed by atoms with E-state index >= 15 is 0 Å². The standard InChI is InChI=1S/C16H27N3O/c1-4-13-11-19(10-8-15(13)17-5-2)12-14-7-6-9-18-16(14)20-3/h6-7,9,13,15,17H,4-5,8,10-12H2,1-3H3. The van der Waals surface area contributed by atoms with Crippen LogP contribution >= 0.6 is 0 Å². The van der Waals surface area contributed by atoms with Crippen molar-refractivity contribution in [1.29, 1.82) is 0 Å². The zero-order valence-electron chi connectivity index (χ0n) is 12.9.